The van der Waals surface area contributed by atoms with Crippen LogP contribution in [-0.4, -0.2) is 29.4 Å². The SMILES string of the molecule is NC1(C(=O)N2CC=C(c3ccccc3)CC2)CCCC1. The van der Waals surface area contributed by atoms with Crippen molar-refractivity contribution < 1.29 is 4.79 Å². The van der Waals surface area contributed by atoms with Crippen LogP contribution >= 0.6 is 0 Å². The predicted molar refractivity (Wildman–Crippen MR) is 81.0 cm³/mol. The summed E-state index contributed by atoms with van der Waals surface area (Å²) in [7, 11) is 0. The monoisotopic (exact) mass is 270 g/mol. The van der Waals surface area contributed by atoms with Gasteiger partial charge in [0.1, 0.15) is 0 Å². The van der Waals surface area contributed by atoms with Crippen molar-refractivity contribution in [2.24, 2.45) is 5.73 Å². The first-order valence-corrected chi connectivity index (χ1v) is 7.52. The highest BCUT2D eigenvalue weighted by atomic mass is 16.2. The summed E-state index contributed by atoms with van der Waals surface area (Å²) in [6.45, 7) is 1.49. The van der Waals surface area contributed by atoms with Crippen LogP contribution in [0.1, 0.15) is 37.7 Å². The molecule has 2 N–H and O–H groups in total. The van der Waals surface area contributed by atoms with Crippen molar-refractivity contribution in [3.05, 3.63) is 42.0 Å². The third-order valence-electron chi connectivity index (χ3n) is 4.56. The van der Waals surface area contributed by atoms with E-state index in [4.69, 9.17) is 5.73 Å². The normalized spacial score (nSPS) is 21.6. The second kappa shape index (κ2) is 5.41. The molecule has 1 amide bonds. The molecule has 0 atom stereocenters. The molecule has 0 aromatic heterocycles. The van der Waals surface area contributed by atoms with E-state index >= 15 is 0 Å². The minimum absolute atomic E-state index is 0.151. The molecule has 3 nitrogen and oxygen atoms in total. The second-order valence-electron chi connectivity index (χ2n) is 5.96. The lowest BCUT2D eigenvalue weighted by Gasteiger charge is -2.33. The predicted octanol–water partition coefficient (Wildman–Crippen LogP) is 2.57. The fourth-order valence-electron chi connectivity index (χ4n) is 3.30. The Labute approximate surface area is 120 Å². The molecule has 0 spiro atoms. The first-order chi connectivity index (χ1) is 9.69. The zero-order valence-electron chi connectivity index (χ0n) is 11.8. The number of rotatable bonds is 2. The highest BCUT2D eigenvalue weighted by Crippen LogP contribution is 2.30. The largest absolute Gasteiger partial charge is 0.337 e. The van der Waals surface area contributed by atoms with E-state index in [1.54, 1.807) is 0 Å². The number of hydrogen-bond acceptors (Lipinski definition) is 2. The van der Waals surface area contributed by atoms with E-state index in [9.17, 15) is 4.79 Å². The molecule has 0 unspecified atom stereocenters. The van der Waals surface area contributed by atoms with Gasteiger partial charge in [0, 0.05) is 13.1 Å². The molecule has 0 saturated heterocycles. The van der Waals surface area contributed by atoms with Gasteiger partial charge in [-0.05, 0) is 30.4 Å². The van der Waals surface area contributed by atoms with E-state index in [1.807, 2.05) is 11.0 Å². The first-order valence-electron chi connectivity index (χ1n) is 7.52. The van der Waals surface area contributed by atoms with Gasteiger partial charge in [-0.3, -0.25) is 4.79 Å². The Morgan fingerprint density at radius 1 is 1.15 bits per heavy atom. The Morgan fingerprint density at radius 2 is 1.85 bits per heavy atom. The quantitative estimate of drug-likeness (QED) is 0.897. The van der Waals surface area contributed by atoms with E-state index in [2.05, 4.69) is 30.3 Å². The molecule has 1 saturated carbocycles. The molecule has 1 aliphatic heterocycles. The van der Waals surface area contributed by atoms with E-state index in [0.29, 0.717) is 6.54 Å². The number of benzene rings is 1. The van der Waals surface area contributed by atoms with E-state index in [1.165, 1.54) is 11.1 Å². The van der Waals surface area contributed by atoms with Crippen LogP contribution in [0.25, 0.3) is 5.57 Å². The van der Waals surface area contributed by atoms with Crippen LogP contribution in [-0.2, 0) is 4.79 Å². The van der Waals surface area contributed by atoms with E-state index < -0.39 is 5.54 Å². The number of carbonyl (C=O) groups is 1. The Bertz CT molecular complexity index is 515. The van der Waals surface area contributed by atoms with Gasteiger partial charge in [-0.1, -0.05) is 49.2 Å². The van der Waals surface area contributed by atoms with Gasteiger partial charge >= 0.3 is 0 Å². The van der Waals surface area contributed by atoms with E-state index in [0.717, 1.165) is 38.6 Å². The van der Waals surface area contributed by atoms with Gasteiger partial charge in [0.2, 0.25) is 5.91 Å². The summed E-state index contributed by atoms with van der Waals surface area (Å²) >= 11 is 0. The Balaban J connectivity index is 1.69. The molecule has 1 heterocycles. The zero-order valence-corrected chi connectivity index (χ0v) is 11.8. The minimum atomic E-state index is -0.585. The highest BCUT2D eigenvalue weighted by molar-refractivity contribution is 5.87. The molecule has 0 radical (unpaired) electrons. The van der Waals surface area contributed by atoms with Gasteiger partial charge in [-0.2, -0.15) is 0 Å². The maximum Gasteiger partial charge on any atom is 0.242 e. The van der Waals surface area contributed by atoms with Crippen molar-refractivity contribution in [2.75, 3.05) is 13.1 Å². The van der Waals surface area contributed by atoms with Crippen molar-refractivity contribution in [1.29, 1.82) is 0 Å². The number of carbonyl (C=O) groups excluding carboxylic acids is 1. The Kier molecular flexibility index (Phi) is 3.62. The summed E-state index contributed by atoms with van der Waals surface area (Å²) in [6.07, 6.45) is 6.96. The molecular weight excluding hydrogens is 248 g/mol. The molecule has 1 aromatic rings. The van der Waals surface area contributed by atoms with Crippen LogP contribution in [0.15, 0.2) is 36.4 Å². The van der Waals surface area contributed by atoms with Crippen LogP contribution < -0.4 is 5.73 Å². The average Bonchev–Trinajstić information content (AvgIpc) is 2.96. The number of nitrogens with zero attached hydrogens (tertiary/aromatic N) is 1. The van der Waals surface area contributed by atoms with Gasteiger partial charge in [0.05, 0.1) is 5.54 Å². The summed E-state index contributed by atoms with van der Waals surface area (Å²) in [6, 6.07) is 10.4. The van der Waals surface area contributed by atoms with Crippen molar-refractivity contribution >= 4 is 11.5 Å². The molecule has 1 fully saturated rings. The van der Waals surface area contributed by atoms with Crippen molar-refractivity contribution in [3.8, 4) is 0 Å². The van der Waals surface area contributed by atoms with Crippen LogP contribution in [0.5, 0.6) is 0 Å². The number of nitrogens with two attached hydrogens (primary N) is 1. The Hall–Kier alpha value is -1.61. The molecule has 2 aliphatic rings. The lowest BCUT2D eigenvalue weighted by Crippen LogP contribution is -2.54. The second-order valence-corrected chi connectivity index (χ2v) is 5.96. The summed E-state index contributed by atoms with van der Waals surface area (Å²) in [4.78, 5) is 14.5. The van der Waals surface area contributed by atoms with Gasteiger partial charge in [-0.15, -0.1) is 0 Å². The van der Waals surface area contributed by atoms with Crippen molar-refractivity contribution in [1.82, 2.24) is 4.90 Å². The van der Waals surface area contributed by atoms with Crippen molar-refractivity contribution in [3.63, 3.8) is 0 Å². The third-order valence-corrected chi connectivity index (χ3v) is 4.56. The molecule has 0 bridgehead atoms. The van der Waals surface area contributed by atoms with Crippen LogP contribution in [0.3, 0.4) is 0 Å². The fraction of sp³-hybridized carbons (Fsp3) is 0.471. The molecule has 3 rings (SSSR count). The molecule has 3 heteroatoms. The van der Waals surface area contributed by atoms with Gasteiger partial charge in [-0.25, -0.2) is 0 Å². The van der Waals surface area contributed by atoms with Gasteiger partial charge in [0.25, 0.3) is 0 Å². The molecule has 106 valence electrons. The minimum Gasteiger partial charge on any atom is -0.337 e. The summed E-state index contributed by atoms with van der Waals surface area (Å²) in [5.74, 6) is 0.151. The van der Waals surface area contributed by atoms with Gasteiger partial charge < -0.3 is 10.6 Å². The summed E-state index contributed by atoms with van der Waals surface area (Å²) in [5, 5.41) is 0. The molecule has 1 aromatic carbocycles. The first kappa shape index (κ1) is 13.4. The Morgan fingerprint density at radius 3 is 2.45 bits per heavy atom. The van der Waals surface area contributed by atoms with E-state index in [-0.39, 0.29) is 5.91 Å². The smallest absolute Gasteiger partial charge is 0.242 e. The number of hydrogen-bond donors (Lipinski definition) is 1. The number of amides is 1. The molecule has 1 aliphatic carbocycles. The highest BCUT2D eigenvalue weighted by Gasteiger charge is 2.39. The lowest BCUT2D eigenvalue weighted by atomic mass is 9.94. The lowest BCUT2D eigenvalue weighted by molar-refractivity contribution is -0.136. The summed E-state index contributed by atoms with van der Waals surface area (Å²) in [5.41, 5.74) is 8.29. The van der Waals surface area contributed by atoms with Crippen LogP contribution in [0.2, 0.25) is 0 Å². The average molecular weight is 270 g/mol. The zero-order chi connectivity index (χ0) is 14.0. The van der Waals surface area contributed by atoms with Crippen LogP contribution in [0, 0.1) is 0 Å². The van der Waals surface area contributed by atoms with Gasteiger partial charge in [0.15, 0.2) is 0 Å². The van der Waals surface area contributed by atoms with Crippen LogP contribution in [0.4, 0.5) is 0 Å². The topological polar surface area (TPSA) is 46.3 Å². The molecule has 20 heavy (non-hydrogen) atoms. The maximum absolute atomic E-state index is 12.5. The molecular formula is C17H22N2O. The fourth-order valence-corrected chi connectivity index (χ4v) is 3.30. The van der Waals surface area contributed by atoms with Crippen molar-refractivity contribution in [2.45, 2.75) is 37.6 Å². The summed E-state index contributed by atoms with van der Waals surface area (Å²) < 4.78 is 0. The standard InChI is InChI=1S/C17H22N2O/c18-17(10-4-5-11-17)16(20)19-12-8-15(9-13-19)14-6-2-1-3-7-14/h1-3,6-8H,4-5,9-13,18H2. The third kappa shape index (κ3) is 2.50. The maximum atomic E-state index is 12.5.